The molecule has 0 aliphatic heterocycles. The molecule has 1 atom stereocenters. The number of nitrogens with zero attached hydrogens (tertiary/aromatic N) is 1. The van der Waals surface area contributed by atoms with Crippen LogP contribution in [0.4, 0.5) is 11.4 Å². The van der Waals surface area contributed by atoms with Gasteiger partial charge in [0.15, 0.2) is 6.10 Å². The second-order valence-electron chi connectivity index (χ2n) is 6.18. The minimum Gasteiger partial charge on any atom is -0.449 e. The van der Waals surface area contributed by atoms with Gasteiger partial charge >= 0.3 is 5.97 Å². The molecule has 0 bridgehead atoms. The Morgan fingerprint density at radius 3 is 2.72 bits per heavy atom. The standard InChI is InChI=1S/C20H18N2O6S/c1-12(19(23)21-13-6-5-7-14(10-13)22(25)26)27-20(24)18-16(11-29-2)15-8-3-4-9-17(15)28-18/h3-10,12H,11H2,1-2H3,(H,21,23)/t12-/m0/s1. The molecule has 29 heavy (non-hydrogen) atoms. The number of nitro benzene ring substituents is 1. The number of rotatable bonds is 7. The normalized spacial score (nSPS) is 11.8. The summed E-state index contributed by atoms with van der Waals surface area (Å²) in [5.41, 5.74) is 1.36. The number of amides is 1. The molecule has 9 heteroatoms. The number of esters is 1. The van der Waals surface area contributed by atoms with Crippen molar-refractivity contribution >= 4 is 46.0 Å². The van der Waals surface area contributed by atoms with E-state index in [1.807, 2.05) is 18.4 Å². The van der Waals surface area contributed by atoms with E-state index in [1.54, 1.807) is 12.1 Å². The van der Waals surface area contributed by atoms with Crippen LogP contribution in [0.1, 0.15) is 23.0 Å². The van der Waals surface area contributed by atoms with Gasteiger partial charge in [0, 0.05) is 34.5 Å². The summed E-state index contributed by atoms with van der Waals surface area (Å²) in [6, 6.07) is 12.8. The molecule has 0 aliphatic rings. The molecule has 1 aromatic heterocycles. The van der Waals surface area contributed by atoms with E-state index in [0.717, 1.165) is 5.39 Å². The lowest BCUT2D eigenvalue weighted by Crippen LogP contribution is -2.30. The topological polar surface area (TPSA) is 112 Å². The Morgan fingerprint density at radius 2 is 2.00 bits per heavy atom. The maximum atomic E-state index is 12.6. The molecule has 1 heterocycles. The third-order valence-electron chi connectivity index (χ3n) is 4.15. The van der Waals surface area contributed by atoms with Crippen LogP contribution in [0.3, 0.4) is 0 Å². The van der Waals surface area contributed by atoms with Gasteiger partial charge in [-0.1, -0.05) is 24.3 Å². The number of anilines is 1. The summed E-state index contributed by atoms with van der Waals surface area (Å²) in [6.45, 7) is 1.42. The van der Waals surface area contributed by atoms with E-state index in [1.165, 1.54) is 43.0 Å². The van der Waals surface area contributed by atoms with Crippen LogP contribution in [0.15, 0.2) is 52.9 Å². The van der Waals surface area contributed by atoms with Crippen molar-refractivity contribution in [2.45, 2.75) is 18.8 Å². The van der Waals surface area contributed by atoms with E-state index in [2.05, 4.69) is 5.32 Å². The number of nitro groups is 1. The minimum absolute atomic E-state index is 0.0653. The number of para-hydroxylation sites is 1. The van der Waals surface area contributed by atoms with Gasteiger partial charge in [-0.2, -0.15) is 11.8 Å². The summed E-state index contributed by atoms with van der Waals surface area (Å²) in [7, 11) is 0. The Morgan fingerprint density at radius 1 is 1.24 bits per heavy atom. The number of hydrogen-bond acceptors (Lipinski definition) is 7. The fraction of sp³-hybridized carbons (Fsp3) is 0.200. The van der Waals surface area contributed by atoms with Crippen molar-refractivity contribution < 1.29 is 23.7 Å². The molecule has 0 spiro atoms. The zero-order valence-electron chi connectivity index (χ0n) is 15.7. The summed E-state index contributed by atoms with van der Waals surface area (Å²) in [6.07, 6.45) is 0.781. The molecule has 3 aromatic rings. The molecule has 0 saturated carbocycles. The zero-order chi connectivity index (χ0) is 21.0. The van der Waals surface area contributed by atoms with Gasteiger partial charge in [0.2, 0.25) is 5.76 Å². The summed E-state index contributed by atoms with van der Waals surface area (Å²) < 4.78 is 10.9. The van der Waals surface area contributed by atoms with Crippen molar-refractivity contribution in [1.82, 2.24) is 0 Å². The van der Waals surface area contributed by atoms with Crippen molar-refractivity contribution in [1.29, 1.82) is 0 Å². The van der Waals surface area contributed by atoms with Gasteiger partial charge in [-0.05, 0) is 25.3 Å². The quantitative estimate of drug-likeness (QED) is 0.347. The average molecular weight is 414 g/mol. The number of fused-ring (bicyclic) bond motifs is 1. The molecule has 1 N–H and O–H groups in total. The Balaban J connectivity index is 1.74. The predicted octanol–water partition coefficient (Wildman–Crippen LogP) is 4.39. The third-order valence-corrected chi connectivity index (χ3v) is 4.73. The van der Waals surface area contributed by atoms with Gasteiger partial charge < -0.3 is 14.5 Å². The van der Waals surface area contributed by atoms with Gasteiger partial charge in [-0.15, -0.1) is 0 Å². The Labute approximate surface area is 170 Å². The van der Waals surface area contributed by atoms with Gasteiger partial charge in [0.05, 0.1) is 4.92 Å². The number of hydrogen-bond donors (Lipinski definition) is 1. The van der Waals surface area contributed by atoms with Crippen molar-refractivity contribution in [3.63, 3.8) is 0 Å². The monoisotopic (exact) mass is 414 g/mol. The number of carbonyl (C=O) groups is 2. The number of nitrogens with one attached hydrogen (secondary N) is 1. The van der Waals surface area contributed by atoms with Crippen molar-refractivity contribution in [3.8, 4) is 0 Å². The molecule has 0 radical (unpaired) electrons. The molecular formula is C20H18N2O6S. The number of furan rings is 1. The highest BCUT2D eigenvalue weighted by Gasteiger charge is 2.25. The molecular weight excluding hydrogens is 396 g/mol. The molecule has 1 amide bonds. The van der Waals surface area contributed by atoms with Gasteiger partial charge in [0.1, 0.15) is 5.58 Å². The van der Waals surface area contributed by atoms with E-state index >= 15 is 0 Å². The second kappa shape index (κ2) is 8.78. The Hall–Kier alpha value is -3.33. The molecule has 0 unspecified atom stereocenters. The third kappa shape index (κ3) is 4.57. The van der Waals surface area contributed by atoms with E-state index in [-0.39, 0.29) is 17.1 Å². The second-order valence-corrected chi connectivity index (χ2v) is 7.05. The summed E-state index contributed by atoms with van der Waals surface area (Å²) in [4.78, 5) is 35.3. The SMILES string of the molecule is CSCc1c(C(=O)O[C@@H](C)C(=O)Nc2cccc([N+](=O)[O-])c2)oc2ccccc12. The van der Waals surface area contributed by atoms with Gasteiger partial charge in [-0.3, -0.25) is 14.9 Å². The van der Waals surface area contributed by atoms with Crippen LogP contribution < -0.4 is 5.32 Å². The van der Waals surface area contributed by atoms with E-state index in [0.29, 0.717) is 16.9 Å². The van der Waals surface area contributed by atoms with Crippen LogP contribution in [-0.4, -0.2) is 29.2 Å². The van der Waals surface area contributed by atoms with Crippen LogP contribution in [0.25, 0.3) is 11.0 Å². The van der Waals surface area contributed by atoms with Gasteiger partial charge in [0.25, 0.3) is 11.6 Å². The fourth-order valence-corrected chi connectivity index (χ4v) is 3.34. The molecule has 150 valence electrons. The van der Waals surface area contributed by atoms with Crippen LogP contribution in [0.2, 0.25) is 0 Å². The first kappa shape index (κ1) is 20.4. The lowest BCUT2D eigenvalue weighted by atomic mass is 10.1. The zero-order valence-corrected chi connectivity index (χ0v) is 16.5. The summed E-state index contributed by atoms with van der Waals surface area (Å²) in [5, 5.41) is 14.2. The smallest absolute Gasteiger partial charge is 0.375 e. The van der Waals surface area contributed by atoms with Crippen LogP contribution >= 0.6 is 11.8 Å². The van der Waals surface area contributed by atoms with E-state index in [9.17, 15) is 19.7 Å². The Bertz CT molecular complexity index is 1080. The molecule has 0 fully saturated rings. The minimum atomic E-state index is -1.13. The first-order chi connectivity index (χ1) is 13.9. The van der Waals surface area contributed by atoms with Crippen molar-refractivity contribution in [2.24, 2.45) is 0 Å². The maximum Gasteiger partial charge on any atom is 0.375 e. The first-order valence-electron chi connectivity index (χ1n) is 8.66. The number of non-ortho nitro benzene ring substituents is 1. The molecule has 0 aliphatic carbocycles. The highest BCUT2D eigenvalue weighted by Crippen LogP contribution is 2.29. The van der Waals surface area contributed by atoms with E-state index in [4.69, 9.17) is 9.15 Å². The first-order valence-corrected chi connectivity index (χ1v) is 10.1. The largest absolute Gasteiger partial charge is 0.449 e. The number of benzene rings is 2. The van der Waals surface area contributed by atoms with Crippen LogP contribution in [-0.2, 0) is 15.3 Å². The van der Waals surface area contributed by atoms with Crippen LogP contribution in [0, 0.1) is 10.1 Å². The summed E-state index contributed by atoms with van der Waals surface area (Å²) >= 11 is 1.53. The highest BCUT2D eigenvalue weighted by atomic mass is 32.2. The maximum absolute atomic E-state index is 12.6. The van der Waals surface area contributed by atoms with Crippen LogP contribution in [0.5, 0.6) is 0 Å². The average Bonchev–Trinajstić information content (AvgIpc) is 3.07. The molecule has 2 aromatic carbocycles. The van der Waals surface area contributed by atoms with Crippen molar-refractivity contribution in [3.05, 3.63) is 70.0 Å². The summed E-state index contributed by atoms with van der Waals surface area (Å²) in [5.74, 6) is -0.737. The number of ether oxygens (including phenoxy) is 1. The molecule has 3 rings (SSSR count). The Kier molecular flexibility index (Phi) is 6.18. The van der Waals surface area contributed by atoms with Gasteiger partial charge in [-0.25, -0.2) is 4.79 Å². The van der Waals surface area contributed by atoms with Crippen molar-refractivity contribution in [2.75, 3.05) is 11.6 Å². The fourth-order valence-electron chi connectivity index (χ4n) is 2.76. The number of thioether (sulfide) groups is 1. The highest BCUT2D eigenvalue weighted by molar-refractivity contribution is 7.97. The lowest BCUT2D eigenvalue weighted by molar-refractivity contribution is -0.384. The molecule has 0 saturated heterocycles. The molecule has 8 nitrogen and oxygen atoms in total. The number of carbonyl (C=O) groups excluding carboxylic acids is 2. The lowest BCUT2D eigenvalue weighted by Gasteiger charge is -2.13. The predicted molar refractivity (Wildman–Crippen MR) is 110 cm³/mol. The van der Waals surface area contributed by atoms with E-state index < -0.39 is 22.9 Å².